The Kier molecular flexibility index (Phi) is 5.20. The third-order valence-electron chi connectivity index (χ3n) is 3.29. The van der Waals surface area contributed by atoms with Crippen LogP contribution in [0.15, 0.2) is 30.3 Å². The van der Waals surface area contributed by atoms with Crippen LogP contribution in [-0.2, 0) is 0 Å². The van der Waals surface area contributed by atoms with Gasteiger partial charge in [-0.15, -0.1) is 0 Å². The number of halogens is 4. The smallest absolute Gasteiger partial charge is 0.128 e. The van der Waals surface area contributed by atoms with Crippen molar-refractivity contribution in [3.8, 4) is 0 Å². The SMILES string of the molecule is CCNC(c1cc(F)c(C)cc1F)c1cccc(Cl)c1Cl. The molecule has 2 aromatic carbocycles. The van der Waals surface area contributed by atoms with E-state index >= 15 is 0 Å². The lowest BCUT2D eigenvalue weighted by Gasteiger charge is -2.21. The summed E-state index contributed by atoms with van der Waals surface area (Å²) in [7, 11) is 0. The maximum absolute atomic E-state index is 14.2. The second-order valence-electron chi connectivity index (χ2n) is 4.76. The van der Waals surface area contributed by atoms with Gasteiger partial charge in [-0.2, -0.15) is 0 Å². The Labute approximate surface area is 132 Å². The number of benzene rings is 2. The number of hydrogen-bond acceptors (Lipinski definition) is 1. The van der Waals surface area contributed by atoms with Crippen molar-refractivity contribution in [2.45, 2.75) is 19.9 Å². The van der Waals surface area contributed by atoms with Crippen LogP contribution in [0.4, 0.5) is 8.78 Å². The predicted molar refractivity (Wildman–Crippen MR) is 83.1 cm³/mol. The van der Waals surface area contributed by atoms with Crippen LogP contribution in [-0.4, -0.2) is 6.54 Å². The van der Waals surface area contributed by atoms with E-state index in [1.165, 1.54) is 19.1 Å². The Morgan fingerprint density at radius 1 is 1.10 bits per heavy atom. The Bertz CT molecular complexity index is 659. The van der Waals surface area contributed by atoms with Crippen molar-refractivity contribution in [3.63, 3.8) is 0 Å². The summed E-state index contributed by atoms with van der Waals surface area (Å²) in [6.45, 7) is 3.98. The molecule has 0 aromatic heterocycles. The van der Waals surface area contributed by atoms with E-state index in [-0.39, 0.29) is 11.1 Å². The highest BCUT2D eigenvalue weighted by Crippen LogP contribution is 2.34. The van der Waals surface area contributed by atoms with Crippen LogP contribution < -0.4 is 5.32 Å². The zero-order valence-corrected chi connectivity index (χ0v) is 13.2. The summed E-state index contributed by atoms with van der Waals surface area (Å²) in [6.07, 6.45) is 0. The standard InChI is InChI=1S/C16H15Cl2F2N/c1-3-21-16(10-5-4-6-12(17)15(10)18)11-8-13(19)9(2)7-14(11)20/h4-8,16,21H,3H2,1-2H3. The number of rotatable bonds is 4. The molecule has 0 aliphatic rings. The highest BCUT2D eigenvalue weighted by Gasteiger charge is 2.22. The van der Waals surface area contributed by atoms with Crippen molar-refractivity contribution in [2.24, 2.45) is 0 Å². The molecule has 112 valence electrons. The van der Waals surface area contributed by atoms with Crippen molar-refractivity contribution in [3.05, 3.63) is 68.7 Å². The fourth-order valence-corrected chi connectivity index (χ4v) is 2.63. The topological polar surface area (TPSA) is 12.0 Å². The highest BCUT2D eigenvalue weighted by atomic mass is 35.5. The Morgan fingerprint density at radius 3 is 2.48 bits per heavy atom. The summed E-state index contributed by atoms with van der Waals surface area (Å²) in [5.74, 6) is -0.927. The number of aryl methyl sites for hydroxylation is 1. The minimum atomic E-state index is -0.559. The van der Waals surface area contributed by atoms with E-state index in [4.69, 9.17) is 23.2 Å². The van der Waals surface area contributed by atoms with Crippen LogP contribution in [0.2, 0.25) is 10.0 Å². The molecule has 0 radical (unpaired) electrons. The predicted octanol–water partition coefficient (Wildman–Crippen LogP) is 5.28. The van der Waals surface area contributed by atoms with E-state index in [2.05, 4.69) is 5.32 Å². The van der Waals surface area contributed by atoms with Crippen molar-refractivity contribution < 1.29 is 8.78 Å². The first-order valence-corrected chi connectivity index (χ1v) is 7.34. The number of nitrogens with one attached hydrogen (secondary N) is 1. The second-order valence-corrected chi connectivity index (χ2v) is 5.54. The van der Waals surface area contributed by atoms with Crippen LogP contribution in [0, 0.1) is 18.6 Å². The van der Waals surface area contributed by atoms with E-state index < -0.39 is 17.7 Å². The molecular formula is C16H15Cl2F2N. The molecule has 0 spiro atoms. The zero-order chi connectivity index (χ0) is 15.6. The molecule has 0 saturated heterocycles. The lowest BCUT2D eigenvalue weighted by Crippen LogP contribution is -2.23. The Hall–Kier alpha value is -1.16. The average molecular weight is 330 g/mol. The van der Waals surface area contributed by atoms with Gasteiger partial charge in [-0.25, -0.2) is 8.78 Å². The molecule has 2 rings (SSSR count). The van der Waals surface area contributed by atoms with Gasteiger partial charge in [0.1, 0.15) is 11.6 Å². The molecule has 0 bridgehead atoms. The molecule has 0 saturated carbocycles. The Morgan fingerprint density at radius 2 is 1.81 bits per heavy atom. The minimum Gasteiger partial charge on any atom is -0.306 e. The lowest BCUT2D eigenvalue weighted by molar-refractivity contribution is 0.541. The first kappa shape index (κ1) is 16.2. The molecule has 0 aliphatic carbocycles. The van der Waals surface area contributed by atoms with Gasteiger partial charge in [-0.05, 0) is 42.8 Å². The first-order chi connectivity index (χ1) is 9.95. The quantitative estimate of drug-likeness (QED) is 0.804. The Balaban J connectivity index is 2.59. The van der Waals surface area contributed by atoms with Crippen LogP contribution in [0.5, 0.6) is 0 Å². The van der Waals surface area contributed by atoms with Gasteiger partial charge in [-0.1, -0.05) is 42.3 Å². The fraction of sp³-hybridized carbons (Fsp3) is 0.250. The van der Waals surface area contributed by atoms with Crippen LogP contribution in [0.25, 0.3) is 0 Å². The highest BCUT2D eigenvalue weighted by molar-refractivity contribution is 6.42. The van der Waals surface area contributed by atoms with Gasteiger partial charge in [0.15, 0.2) is 0 Å². The van der Waals surface area contributed by atoms with E-state index in [1.54, 1.807) is 18.2 Å². The lowest BCUT2D eigenvalue weighted by atomic mass is 9.96. The van der Waals surface area contributed by atoms with E-state index in [0.29, 0.717) is 22.2 Å². The fourth-order valence-electron chi connectivity index (χ4n) is 2.22. The molecule has 1 unspecified atom stereocenters. The molecule has 0 amide bonds. The molecule has 0 fully saturated rings. The van der Waals surface area contributed by atoms with Crippen molar-refractivity contribution >= 4 is 23.2 Å². The van der Waals surface area contributed by atoms with Gasteiger partial charge in [0.2, 0.25) is 0 Å². The molecule has 5 heteroatoms. The van der Waals surface area contributed by atoms with Gasteiger partial charge < -0.3 is 5.32 Å². The van der Waals surface area contributed by atoms with E-state index in [1.807, 2.05) is 6.92 Å². The van der Waals surface area contributed by atoms with Gasteiger partial charge in [0, 0.05) is 5.56 Å². The van der Waals surface area contributed by atoms with Gasteiger partial charge >= 0.3 is 0 Å². The summed E-state index contributed by atoms with van der Waals surface area (Å²) in [5, 5.41) is 3.84. The molecule has 1 N–H and O–H groups in total. The number of hydrogen-bond donors (Lipinski definition) is 1. The third kappa shape index (κ3) is 3.37. The second kappa shape index (κ2) is 6.73. The summed E-state index contributed by atoms with van der Waals surface area (Å²) in [5.41, 5.74) is 1.10. The summed E-state index contributed by atoms with van der Waals surface area (Å²) in [6, 6.07) is 6.97. The molecule has 0 aliphatic heterocycles. The molecule has 1 atom stereocenters. The maximum Gasteiger partial charge on any atom is 0.128 e. The normalized spacial score (nSPS) is 12.5. The third-order valence-corrected chi connectivity index (χ3v) is 4.12. The van der Waals surface area contributed by atoms with Gasteiger partial charge in [0.05, 0.1) is 16.1 Å². The largest absolute Gasteiger partial charge is 0.306 e. The summed E-state index contributed by atoms with van der Waals surface area (Å²) in [4.78, 5) is 0. The monoisotopic (exact) mass is 329 g/mol. The summed E-state index contributed by atoms with van der Waals surface area (Å²) >= 11 is 12.2. The average Bonchev–Trinajstić information content (AvgIpc) is 2.44. The minimum absolute atomic E-state index is 0.212. The van der Waals surface area contributed by atoms with Gasteiger partial charge in [0.25, 0.3) is 0 Å². The van der Waals surface area contributed by atoms with Crippen LogP contribution >= 0.6 is 23.2 Å². The van der Waals surface area contributed by atoms with Crippen LogP contribution in [0.1, 0.15) is 29.7 Å². The molecule has 21 heavy (non-hydrogen) atoms. The van der Waals surface area contributed by atoms with Crippen molar-refractivity contribution in [1.29, 1.82) is 0 Å². The molecule has 2 aromatic rings. The van der Waals surface area contributed by atoms with E-state index in [0.717, 1.165) is 0 Å². The van der Waals surface area contributed by atoms with Crippen molar-refractivity contribution in [1.82, 2.24) is 5.32 Å². The first-order valence-electron chi connectivity index (χ1n) is 6.58. The van der Waals surface area contributed by atoms with Crippen molar-refractivity contribution in [2.75, 3.05) is 6.54 Å². The molecule has 0 heterocycles. The molecule has 1 nitrogen and oxygen atoms in total. The zero-order valence-electron chi connectivity index (χ0n) is 11.7. The van der Waals surface area contributed by atoms with Crippen LogP contribution in [0.3, 0.4) is 0 Å². The maximum atomic E-state index is 14.2. The van der Waals surface area contributed by atoms with Gasteiger partial charge in [-0.3, -0.25) is 0 Å². The summed E-state index contributed by atoms with van der Waals surface area (Å²) < 4.78 is 28.0. The molecular weight excluding hydrogens is 315 g/mol. The van der Waals surface area contributed by atoms with E-state index in [9.17, 15) is 8.78 Å².